The van der Waals surface area contributed by atoms with E-state index in [0.29, 0.717) is 5.82 Å². The topological polar surface area (TPSA) is 29.0 Å². The molecule has 236 valence electrons. The van der Waals surface area contributed by atoms with E-state index < -0.39 is 0 Å². The molecule has 0 unspecified atom stereocenters. The molecule has 0 amide bonds. The Bertz CT molecular complexity index is 2350. The first-order valence-electron chi connectivity index (χ1n) is 16.7. The van der Waals surface area contributed by atoms with Crippen molar-refractivity contribution < 1.29 is 0 Å². The molecular formula is C46H31N3S. The third kappa shape index (κ3) is 5.98. The van der Waals surface area contributed by atoms with Crippen LogP contribution in [0.5, 0.6) is 0 Å². The molecule has 3 nitrogen and oxygen atoms in total. The maximum Gasteiger partial charge on any atom is 0.160 e. The number of benzene rings is 7. The van der Waals surface area contributed by atoms with Crippen LogP contribution < -0.4 is 4.90 Å². The monoisotopic (exact) mass is 657 g/mol. The number of anilines is 3. The summed E-state index contributed by atoms with van der Waals surface area (Å²) < 4.78 is 0. The van der Waals surface area contributed by atoms with Gasteiger partial charge in [0, 0.05) is 43.5 Å². The highest BCUT2D eigenvalue weighted by Crippen LogP contribution is 2.40. The highest BCUT2D eigenvalue weighted by molar-refractivity contribution is 7.99. The molecule has 0 radical (unpaired) electrons. The number of rotatable bonds is 4. The predicted molar refractivity (Wildman–Crippen MR) is 208 cm³/mol. The number of hydrogen-bond acceptors (Lipinski definition) is 4. The Morgan fingerprint density at radius 3 is 1.42 bits per heavy atom. The average Bonchev–Trinajstić information content (AvgIpc) is 3.19. The summed E-state index contributed by atoms with van der Waals surface area (Å²) in [5, 5.41) is 0. The number of nitrogens with zero attached hydrogens (tertiary/aromatic N) is 3. The van der Waals surface area contributed by atoms with Gasteiger partial charge < -0.3 is 4.90 Å². The molecular weight excluding hydrogens is 627 g/mol. The minimum Gasteiger partial charge on any atom is -0.310 e. The van der Waals surface area contributed by atoms with Crippen molar-refractivity contribution in [1.82, 2.24) is 9.97 Å². The standard InChI is InChI=1S/C46H31N3S/c1-3-11-32(12-4-1)44-31-45-37-17-7-13-33(27-37)35-15-9-19-40(29-35)49(39-23-25-43(26-24-39)50-42-21-5-2-6-22-42)41-20-10-16-36(30-41)34-14-8-18-38(28-34)46(47-44)48-45/h1-31H. The molecule has 0 aliphatic carbocycles. The third-order valence-electron chi connectivity index (χ3n) is 9.02. The largest absolute Gasteiger partial charge is 0.310 e. The smallest absolute Gasteiger partial charge is 0.160 e. The summed E-state index contributed by atoms with van der Waals surface area (Å²) in [6.07, 6.45) is 0. The molecule has 0 atom stereocenters. The Hall–Kier alpha value is -6.23. The molecule has 4 heteroatoms. The molecule has 7 aromatic carbocycles. The third-order valence-corrected chi connectivity index (χ3v) is 10.0. The molecule has 8 aromatic rings. The molecule has 1 aromatic heterocycles. The lowest BCUT2D eigenvalue weighted by atomic mass is 9.98. The van der Waals surface area contributed by atoms with E-state index >= 15 is 0 Å². The average molecular weight is 658 g/mol. The molecule has 50 heavy (non-hydrogen) atoms. The Labute approximate surface area is 296 Å². The van der Waals surface area contributed by atoms with Crippen LogP contribution in [0.4, 0.5) is 17.1 Å². The second-order valence-electron chi connectivity index (χ2n) is 12.3. The Morgan fingerprint density at radius 1 is 0.320 bits per heavy atom. The van der Waals surface area contributed by atoms with E-state index in [1.807, 2.05) is 6.07 Å². The second-order valence-corrected chi connectivity index (χ2v) is 13.5. The number of hydrogen-bond donors (Lipinski definition) is 0. The number of aromatic nitrogens is 2. The van der Waals surface area contributed by atoms with Crippen molar-refractivity contribution in [3.8, 4) is 56.2 Å². The number of fused-ring (bicyclic) bond motifs is 14. The van der Waals surface area contributed by atoms with Crippen molar-refractivity contribution in [3.63, 3.8) is 0 Å². The van der Waals surface area contributed by atoms with Gasteiger partial charge in [-0.05, 0) is 101 Å². The van der Waals surface area contributed by atoms with E-state index in [1.54, 1.807) is 11.8 Å². The van der Waals surface area contributed by atoms with Gasteiger partial charge >= 0.3 is 0 Å². The molecule has 0 saturated heterocycles. The van der Waals surface area contributed by atoms with E-state index in [1.165, 1.54) is 9.79 Å². The normalized spacial score (nSPS) is 11.6. The molecule has 10 bridgehead atoms. The van der Waals surface area contributed by atoms with Crippen molar-refractivity contribution >= 4 is 28.8 Å². The van der Waals surface area contributed by atoms with Gasteiger partial charge in [-0.2, -0.15) is 0 Å². The van der Waals surface area contributed by atoms with Crippen molar-refractivity contribution in [2.75, 3.05) is 4.90 Å². The quantitative estimate of drug-likeness (QED) is 0.188. The van der Waals surface area contributed by atoms with Crippen molar-refractivity contribution in [1.29, 1.82) is 0 Å². The van der Waals surface area contributed by atoms with Crippen molar-refractivity contribution in [3.05, 3.63) is 188 Å². The lowest BCUT2D eigenvalue weighted by Crippen LogP contribution is -2.10. The molecule has 0 fully saturated rings. The molecule has 1 aliphatic rings. The van der Waals surface area contributed by atoms with Crippen LogP contribution in [0.2, 0.25) is 0 Å². The van der Waals surface area contributed by atoms with E-state index in [9.17, 15) is 0 Å². The fraction of sp³-hybridized carbons (Fsp3) is 0. The molecule has 9 rings (SSSR count). The van der Waals surface area contributed by atoms with Crippen LogP contribution in [0.3, 0.4) is 0 Å². The zero-order valence-corrected chi connectivity index (χ0v) is 28.0. The minimum atomic E-state index is 0.703. The maximum absolute atomic E-state index is 5.16. The van der Waals surface area contributed by atoms with Gasteiger partial charge in [-0.15, -0.1) is 0 Å². The van der Waals surface area contributed by atoms with Crippen molar-refractivity contribution in [2.24, 2.45) is 0 Å². The van der Waals surface area contributed by atoms with Gasteiger partial charge in [0.2, 0.25) is 0 Å². The highest BCUT2D eigenvalue weighted by atomic mass is 32.2. The van der Waals surface area contributed by atoms with Crippen LogP contribution in [0.25, 0.3) is 56.2 Å². The first kappa shape index (κ1) is 29.9. The minimum absolute atomic E-state index is 0.703. The van der Waals surface area contributed by atoms with Gasteiger partial charge in [0.15, 0.2) is 5.82 Å². The summed E-state index contributed by atoms with van der Waals surface area (Å²) in [5.41, 5.74) is 12.6. The maximum atomic E-state index is 5.16. The van der Waals surface area contributed by atoms with Crippen LogP contribution in [0, 0.1) is 0 Å². The van der Waals surface area contributed by atoms with Gasteiger partial charge in [-0.1, -0.05) is 121 Å². The Kier molecular flexibility index (Phi) is 7.77. The van der Waals surface area contributed by atoms with Gasteiger partial charge in [0.1, 0.15) is 0 Å². The van der Waals surface area contributed by atoms with E-state index in [0.717, 1.165) is 67.4 Å². The first-order chi connectivity index (χ1) is 24.7. The summed E-state index contributed by atoms with van der Waals surface area (Å²) in [4.78, 5) is 15.0. The summed E-state index contributed by atoms with van der Waals surface area (Å²) in [6, 6.07) is 66.7. The van der Waals surface area contributed by atoms with Gasteiger partial charge in [-0.25, -0.2) is 9.97 Å². The van der Waals surface area contributed by atoms with Crippen LogP contribution in [0.1, 0.15) is 0 Å². The summed E-state index contributed by atoms with van der Waals surface area (Å²) in [7, 11) is 0. The van der Waals surface area contributed by atoms with E-state index in [4.69, 9.17) is 9.97 Å². The van der Waals surface area contributed by atoms with Gasteiger partial charge in [0.05, 0.1) is 11.4 Å². The van der Waals surface area contributed by atoms with Crippen LogP contribution >= 0.6 is 11.8 Å². The summed E-state index contributed by atoms with van der Waals surface area (Å²) in [5.74, 6) is 0.703. The van der Waals surface area contributed by atoms with Crippen LogP contribution in [-0.4, -0.2) is 9.97 Å². The van der Waals surface area contributed by atoms with Crippen LogP contribution in [-0.2, 0) is 0 Å². The second kappa shape index (κ2) is 13.0. The Balaban J connectivity index is 1.23. The predicted octanol–water partition coefficient (Wildman–Crippen LogP) is 12.7. The zero-order valence-electron chi connectivity index (χ0n) is 27.1. The van der Waals surface area contributed by atoms with E-state index in [2.05, 4.69) is 187 Å². The molecule has 2 heterocycles. The molecule has 0 saturated carbocycles. The highest BCUT2D eigenvalue weighted by Gasteiger charge is 2.17. The van der Waals surface area contributed by atoms with Crippen LogP contribution in [0.15, 0.2) is 198 Å². The molecule has 1 aliphatic heterocycles. The fourth-order valence-electron chi connectivity index (χ4n) is 6.56. The lowest BCUT2D eigenvalue weighted by Gasteiger charge is -2.27. The first-order valence-corrected chi connectivity index (χ1v) is 17.5. The van der Waals surface area contributed by atoms with Crippen molar-refractivity contribution in [2.45, 2.75) is 9.79 Å². The summed E-state index contributed by atoms with van der Waals surface area (Å²) >= 11 is 1.77. The SMILES string of the molecule is c1ccc(Sc2ccc(N3c4cccc(c4)-c4cccc(c4)-c4cc(-c5ccccc5)nc(n4)-c4cccc(c4)-c4cccc3c4)cc2)cc1. The van der Waals surface area contributed by atoms with Gasteiger partial charge in [-0.3, -0.25) is 0 Å². The zero-order chi connectivity index (χ0) is 33.3. The Morgan fingerprint density at radius 2 is 0.780 bits per heavy atom. The fourth-order valence-corrected chi connectivity index (χ4v) is 7.40. The molecule has 0 spiro atoms. The summed E-state index contributed by atoms with van der Waals surface area (Å²) in [6.45, 7) is 0. The molecule has 0 N–H and O–H groups in total. The lowest BCUT2D eigenvalue weighted by molar-refractivity contribution is 1.18. The van der Waals surface area contributed by atoms with Gasteiger partial charge in [0.25, 0.3) is 0 Å². The van der Waals surface area contributed by atoms with E-state index in [-0.39, 0.29) is 0 Å².